The number of carboxylic acid groups (broad SMARTS) is 1. The van der Waals surface area contributed by atoms with Crippen molar-refractivity contribution in [3.8, 4) is 22.9 Å². The van der Waals surface area contributed by atoms with Crippen LogP contribution in [0.4, 0.5) is 0 Å². The first-order valence-corrected chi connectivity index (χ1v) is 10.6. The average molecular weight is 412 g/mol. The number of nitrogens with zero attached hydrogens (tertiary/aromatic N) is 3. The first-order valence-electron chi connectivity index (χ1n) is 10.6. The van der Waals surface area contributed by atoms with E-state index in [1.807, 2.05) is 18.2 Å². The summed E-state index contributed by atoms with van der Waals surface area (Å²) in [6.45, 7) is 4.72. The van der Waals surface area contributed by atoms with Crippen molar-refractivity contribution in [3.63, 3.8) is 0 Å². The van der Waals surface area contributed by atoms with Gasteiger partial charge < -0.3 is 14.6 Å². The fraction of sp³-hybridized carbons (Fsp3) is 0.565. The molecule has 0 aromatic carbocycles. The van der Waals surface area contributed by atoms with Gasteiger partial charge in [-0.05, 0) is 50.2 Å². The maximum absolute atomic E-state index is 11.6. The highest BCUT2D eigenvalue weighted by Crippen LogP contribution is 2.60. The lowest BCUT2D eigenvalue weighted by Gasteiger charge is -2.25. The number of pyridine rings is 1. The Morgan fingerprint density at radius 1 is 1.27 bits per heavy atom. The molecule has 2 aliphatic carbocycles. The van der Waals surface area contributed by atoms with E-state index in [0.29, 0.717) is 42.0 Å². The molecular formula is C23H29N3O4. The third-order valence-electron chi connectivity index (χ3n) is 6.69. The molecule has 160 valence electrons. The smallest absolute Gasteiger partial charge is 0.310 e. The Morgan fingerprint density at radius 2 is 2.03 bits per heavy atom. The number of methoxy groups -OCH3 is 1. The van der Waals surface area contributed by atoms with Crippen LogP contribution in [0.5, 0.6) is 11.6 Å². The number of aromatic nitrogens is 3. The highest BCUT2D eigenvalue weighted by atomic mass is 16.5. The molecule has 0 aliphatic heterocycles. The summed E-state index contributed by atoms with van der Waals surface area (Å²) in [5.74, 6) is 1.52. The average Bonchev–Trinajstić information content (AvgIpc) is 3.46. The van der Waals surface area contributed by atoms with Gasteiger partial charge >= 0.3 is 5.97 Å². The Bertz CT molecular complexity index is 926. The molecule has 2 saturated carbocycles. The van der Waals surface area contributed by atoms with E-state index in [2.05, 4.69) is 17.1 Å². The molecule has 4 rings (SSSR count). The van der Waals surface area contributed by atoms with Gasteiger partial charge in [0.15, 0.2) is 0 Å². The summed E-state index contributed by atoms with van der Waals surface area (Å²) in [7, 11) is 1.58. The maximum Gasteiger partial charge on any atom is 0.310 e. The van der Waals surface area contributed by atoms with Gasteiger partial charge in [-0.15, -0.1) is 5.10 Å². The first-order chi connectivity index (χ1) is 14.4. The predicted molar refractivity (Wildman–Crippen MR) is 112 cm³/mol. The van der Waals surface area contributed by atoms with Crippen molar-refractivity contribution in [2.45, 2.75) is 51.9 Å². The third-order valence-corrected chi connectivity index (χ3v) is 6.69. The number of aliphatic carboxylic acids is 1. The van der Waals surface area contributed by atoms with Gasteiger partial charge in [-0.3, -0.25) is 4.79 Å². The Morgan fingerprint density at radius 3 is 2.70 bits per heavy atom. The second kappa shape index (κ2) is 8.20. The number of carbonyl (C=O) groups is 1. The molecule has 0 radical (unpaired) electrons. The molecule has 30 heavy (non-hydrogen) atoms. The molecule has 2 fully saturated rings. The summed E-state index contributed by atoms with van der Waals surface area (Å²) < 4.78 is 11.4. The summed E-state index contributed by atoms with van der Waals surface area (Å²) in [6.07, 6.45) is 7.11. The van der Waals surface area contributed by atoms with Crippen LogP contribution in [-0.4, -0.2) is 40.0 Å². The molecule has 7 heteroatoms. The topological polar surface area (TPSA) is 94.4 Å². The van der Waals surface area contributed by atoms with Crippen LogP contribution in [0.3, 0.4) is 0 Å². The third kappa shape index (κ3) is 4.11. The maximum atomic E-state index is 11.6. The molecule has 0 amide bonds. The van der Waals surface area contributed by atoms with Gasteiger partial charge in [0, 0.05) is 17.5 Å². The number of rotatable bonds is 7. The summed E-state index contributed by atoms with van der Waals surface area (Å²) >= 11 is 0. The highest BCUT2D eigenvalue weighted by molar-refractivity contribution is 5.80. The fourth-order valence-corrected chi connectivity index (χ4v) is 4.30. The van der Waals surface area contributed by atoms with Crippen molar-refractivity contribution < 1.29 is 19.4 Å². The number of carboxylic acids is 1. The van der Waals surface area contributed by atoms with E-state index in [0.717, 1.165) is 11.5 Å². The van der Waals surface area contributed by atoms with Gasteiger partial charge in [-0.25, -0.2) is 4.98 Å². The molecular weight excluding hydrogens is 382 g/mol. The predicted octanol–water partition coefficient (Wildman–Crippen LogP) is 4.33. The molecule has 2 aromatic heterocycles. The monoisotopic (exact) mass is 411 g/mol. The molecule has 2 aromatic rings. The zero-order chi connectivity index (χ0) is 21.3. The molecule has 0 bridgehead atoms. The van der Waals surface area contributed by atoms with Gasteiger partial charge in [0.1, 0.15) is 5.75 Å². The van der Waals surface area contributed by atoms with Crippen LogP contribution in [-0.2, 0) is 4.79 Å². The SMILES string of the molecule is COc1ccc(-c2cnnc(OCC3CCC(C)CC3)c2)nc1[C@H]1C[C@]1(C)C(=O)O. The Balaban J connectivity index is 1.51. The normalized spacial score (nSPS) is 28.0. The van der Waals surface area contributed by atoms with Crippen molar-refractivity contribution in [2.75, 3.05) is 13.7 Å². The van der Waals surface area contributed by atoms with Gasteiger partial charge in [0.2, 0.25) is 5.88 Å². The lowest BCUT2D eigenvalue weighted by Crippen LogP contribution is -2.19. The van der Waals surface area contributed by atoms with E-state index in [9.17, 15) is 9.90 Å². The number of ether oxygens (including phenoxy) is 2. The van der Waals surface area contributed by atoms with Crippen LogP contribution in [0, 0.1) is 17.3 Å². The van der Waals surface area contributed by atoms with Gasteiger partial charge in [-0.1, -0.05) is 19.8 Å². The van der Waals surface area contributed by atoms with Crippen molar-refractivity contribution >= 4 is 5.97 Å². The van der Waals surface area contributed by atoms with Crippen molar-refractivity contribution in [2.24, 2.45) is 17.3 Å². The molecule has 2 atom stereocenters. The highest BCUT2D eigenvalue weighted by Gasteiger charge is 2.59. The van der Waals surface area contributed by atoms with Crippen LogP contribution >= 0.6 is 0 Å². The van der Waals surface area contributed by atoms with E-state index in [1.165, 1.54) is 25.7 Å². The number of hydrogen-bond donors (Lipinski definition) is 1. The molecule has 0 spiro atoms. The van der Waals surface area contributed by atoms with E-state index >= 15 is 0 Å². The van der Waals surface area contributed by atoms with Crippen LogP contribution in [0.25, 0.3) is 11.3 Å². The zero-order valence-electron chi connectivity index (χ0n) is 17.8. The van der Waals surface area contributed by atoms with E-state index in [4.69, 9.17) is 14.5 Å². The largest absolute Gasteiger partial charge is 0.495 e. The lowest BCUT2D eigenvalue weighted by atomic mass is 9.83. The fourth-order valence-electron chi connectivity index (χ4n) is 4.30. The standard InChI is InChI=1S/C23H29N3O4/c1-14-4-6-15(7-5-14)13-30-20-10-16(12-24-26-20)18-8-9-19(29-3)21(25-18)17-11-23(17,2)22(27)28/h8-10,12,14-15,17H,4-7,11,13H2,1-3H3,(H,27,28)/t14?,15?,17-,23+/m1/s1. The van der Waals surface area contributed by atoms with Crippen LogP contribution < -0.4 is 9.47 Å². The summed E-state index contributed by atoms with van der Waals surface area (Å²) in [5, 5.41) is 17.7. The molecule has 1 N–H and O–H groups in total. The van der Waals surface area contributed by atoms with Gasteiger partial charge in [0.25, 0.3) is 0 Å². The van der Waals surface area contributed by atoms with Gasteiger partial charge in [0.05, 0.1) is 36.7 Å². The van der Waals surface area contributed by atoms with Gasteiger partial charge in [-0.2, -0.15) is 5.10 Å². The number of hydrogen-bond acceptors (Lipinski definition) is 6. The van der Waals surface area contributed by atoms with Crippen molar-refractivity contribution in [1.29, 1.82) is 0 Å². The summed E-state index contributed by atoms with van der Waals surface area (Å²) in [4.78, 5) is 16.3. The minimum absolute atomic E-state index is 0.163. The Hall–Kier alpha value is -2.70. The van der Waals surface area contributed by atoms with Crippen LogP contribution in [0.15, 0.2) is 24.4 Å². The van der Waals surface area contributed by atoms with E-state index in [1.54, 1.807) is 20.2 Å². The quantitative estimate of drug-likeness (QED) is 0.724. The Kier molecular flexibility index (Phi) is 5.62. The molecule has 0 saturated heterocycles. The summed E-state index contributed by atoms with van der Waals surface area (Å²) in [5.41, 5.74) is 1.38. The van der Waals surface area contributed by atoms with E-state index in [-0.39, 0.29) is 5.92 Å². The minimum Gasteiger partial charge on any atom is -0.495 e. The zero-order valence-corrected chi connectivity index (χ0v) is 17.8. The molecule has 0 unspecified atom stereocenters. The first kappa shape index (κ1) is 20.6. The lowest BCUT2D eigenvalue weighted by molar-refractivity contribution is -0.142. The second-order valence-electron chi connectivity index (χ2n) is 8.98. The van der Waals surface area contributed by atoms with Crippen LogP contribution in [0.2, 0.25) is 0 Å². The van der Waals surface area contributed by atoms with Crippen LogP contribution in [0.1, 0.15) is 57.6 Å². The molecule has 2 heterocycles. The minimum atomic E-state index is -0.805. The summed E-state index contributed by atoms with van der Waals surface area (Å²) in [6, 6.07) is 5.54. The second-order valence-corrected chi connectivity index (χ2v) is 8.98. The molecule has 7 nitrogen and oxygen atoms in total. The molecule has 2 aliphatic rings. The van der Waals surface area contributed by atoms with Crippen molar-refractivity contribution in [3.05, 3.63) is 30.1 Å². The van der Waals surface area contributed by atoms with Crippen molar-refractivity contribution in [1.82, 2.24) is 15.2 Å². The Labute approximate surface area is 176 Å². The van der Waals surface area contributed by atoms with E-state index < -0.39 is 11.4 Å².